The molecule has 0 saturated heterocycles. The van der Waals surface area contributed by atoms with Crippen LogP contribution >= 0.6 is 12.4 Å². The van der Waals surface area contributed by atoms with Gasteiger partial charge in [-0.2, -0.15) is 0 Å². The highest BCUT2D eigenvalue weighted by atomic mass is 35.5. The van der Waals surface area contributed by atoms with Crippen LogP contribution in [0.1, 0.15) is 17.7 Å². The highest BCUT2D eigenvalue weighted by Gasteiger charge is 2.13. The Morgan fingerprint density at radius 3 is 2.41 bits per heavy atom. The van der Waals surface area contributed by atoms with Gasteiger partial charge in [-0.15, -0.1) is 12.4 Å². The van der Waals surface area contributed by atoms with Crippen LogP contribution in [0.2, 0.25) is 0 Å². The fourth-order valence-corrected chi connectivity index (χ4v) is 3.02. The molecule has 29 heavy (non-hydrogen) atoms. The van der Waals surface area contributed by atoms with Gasteiger partial charge in [-0.25, -0.2) is 0 Å². The predicted molar refractivity (Wildman–Crippen MR) is 112 cm³/mol. The number of aromatic nitrogens is 1. The average Bonchev–Trinajstić information content (AvgIpc) is 3.11. The van der Waals surface area contributed by atoms with Gasteiger partial charge in [-0.05, 0) is 44.0 Å². The second-order valence-corrected chi connectivity index (χ2v) is 6.36. The van der Waals surface area contributed by atoms with Crippen molar-refractivity contribution in [3.05, 3.63) is 57.8 Å². The van der Waals surface area contributed by atoms with Gasteiger partial charge in [0.15, 0.2) is 17.1 Å². The Balaban J connectivity index is 0.00000300. The molecule has 0 spiro atoms. The van der Waals surface area contributed by atoms with Gasteiger partial charge in [-0.3, -0.25) is 10.1 Å². The molecule has 0 atom stereocenters. The minimum Gasteiger partial charge on any atom is -0.493 e. The van der Waals surface area contributed by atoms with E-state index in [0.29, 0.717) is 17.1 Å². The van der Waals surface area contributed by atoms with Crippen molar-refractivity contribution in [3.8, 4) is 11.5 Å². The van der Waals surface area contributed by atoms with Crippen molar-refractivity contribution in [3.63, 3.8) is 0 Å². The van der Waals surface area contributed by atoms with Crippen molar-refractivity contribution in [1.29, 1.82) is 0 Å². The molecule has 3 aromatic rings. The first-order valence-electron chi connectivity index (χ1n) is 9.06. The van der Waals surface area contributed by atoms with E-state index in [1.165, 1.54) is 12.1 Å². The highest BCUT2D eigenvalue weighted by Crippen LogP contribution is 2.33. The number of ether oxygens (including phenoxy) is 2. The van der Waals surface area contributed by atoms with E-state index < -0.39 is 0 Å². The van der Waals surface area contributed by atoms with Gasteiger partial charge >= 0.3 is 0 Å². The second kappa shape index (κ2) is 10.6. The third kappa shape index (κ3) is 5.58. The average molecular weight is 422 g/mol. The molecular formula is C20H24ClN3O5. The molecule has 0 bridgehead atoms. The van der Waals surface area contributed by atoms with Crippen LogP contribution in [0.15, 0.2) is 40.9 Å². The summed E-state index contributed by atoms with van der Waals surface area (Å²) in [5, 5.41) is 19.1. The van der Waals surface area contributed by atoms with Gasteiger partial charge in [0.05, 0.1) is 24.8 Å². The lowest BCUT2D eigenvalue weighted by Crippen LogP contribution is -2.19. The van der Waals surface area contributed by atoms with Crippen LogP contribution in [0.3, 0.4) is 0 Å². The molecule has 0 amide bonds. The second-order valence-electron chi connectivity index (χ2n) is 6.36. The lowest BCUT2D eigenvalue weighted by Gasteiger charge is -2.07. The topological polar surface area (TPSA) is 99.7 Å². The van der Waals surface area contributed by atoms with Crippen molar-refractivity contribution in [2.75, 3.05) is 27.3 Å². The summed E-state index contributed by atoms with van der Waals surface area (Å²) in [6.07, 6.45) is 2.52. The number of nitro groups is 1. The zero-order valence-electron chi connectivity index (χ0n) is 16.3. The fraction of sp³-hybridized carbons (Fsp3) is 0.350. The van der Waals surface area contributed by atoms with Gasteiger partial charge < -0.3 is 19.3 Å². The Labute approximate surface area is 174 Å². The summed E-state index contributed by atoms with van der Waals surface area (Å²) in [5.41, 5.74) is 2.76. The molecule has 1 aromatic heterocycles. The summed E-state index contributed by atoms with van der Waals surface area (Å²) < 4.78 is 16.0. The van der Waals surface area contributed by atoms with Gasteiger partial charge in [0.25, 0.3) is 5.69 Å². The molecule has 3 rings (SSSR count). The van der Waals surface area contributed by atoms with Gasteiger partial charge in [0.1, 0.15) is 0 Å². The molecule has 0 radical (unpaired) electrons. The molecule has 2 aromatic carbocycles. The van der Waals surface area contributed by atoms with Crippen LogP contribution < -0.4 is 14.8 Å². The number of hydrogen-bond acceptors (Lipinski definition) is 7. The molecule has 8 nitrogen and oxygen atoms in total. The van der Waals surface area contributed by atoms with E-state index in [4.69, 9.17) is 14.0 Å². The van der Waals surface area contributed by atoms with Crippen LogP contribution in [0.5, 0.6) is 11.5 Å². The molecule has 1 heterocycles. The van der Waals surface area contributed by atoms with Crippen molar-refractivity contribution in [1.82, 2.24) is 10.5 Å². The minimum absolute atomic E-state index is 0. The third-order valence-corrected chi connectivity index (χ3v) is 4.56. The molecular weight excluding hydrogens is 398 g/mol. The van der Waals surface area contributed by atoms with Crippen LogP contribution in [0.25, 0.3) is 11.0 Å². The van der Waals surface area contributed by atoms with Gasteiger partial charge in [-0.1, -0.05) is 17.3 Å². The monoisotopic (exact) mass is 421 g/mol. The van der Waals surface area contributed by atoms with E-state index in [1.807, 2.05) is 6.07 Å². The SMILES string of the molecule is COc1cc2onc(CCCNCCc3ccc([N+](=O)[O-])cc3)c2cc1OC.Cl. The Kier molecular flexibility index (Phi) is 8.23. The molecule has 0 fully saturated rings. The summed E-state index contributed by atoms with van der Waals surface area (Å²) in [5.74, 6) is 1.27. The molecule has 0 aliphatic rings. The number of benzene rings is 2. The Morgan fingerprint density at radius 1 is 1.07 bits per heavy atom. The summed E-state index contributed by atoms with van der Waals surface area (Å²) in [4.78, 5) is 10.3. The minimum atomic E-state index is -0.388. The van der Waals surface area contributed by atoms with E-state index in [1.54, 1.807) is 32.4 Å². The maximum absolute atomic E-state index is 10.7. The van der Waals surface area contributed by atoms with Crippen molar-refractivity contribution < 1.29 is 18.9 Å². The first-order chi connectivity index (χ1) is 13.6. The normalized spacial score (nSPS) is 10.6. The van der Waals surface area contributed by atoms with E-state index in [-0.39, 0.29) is 23.0 Å². The Hall–Kier alpha value is -2.84. The summed E-state index contributed by atoms with van der Waals surface area (Å²) in [6, 6.07) is 10.3. The third-order valence-electron chi connectivity index (χ3n) is 4.56. The van der Waals surface area contributed by atoms with Crippen molar-refractivity contribution in [2.24, 2.45) is 0 Å². The van der Waals surface area contributed by atoms with E-state index in [2.05, 4.69) is 10.5 Å². The summed E-state index contributed by atoms with van der Waals surface area (Å²) in [6.45, 7) is 1.65. The predicted octanol–water partition coefficient (Wildman–Crippen LogP) is 3.94. The summed E-state index contributed by atoms with van der Waals surface area (Å²) in [7, 11) is 3.19. The molecule has 0 aliphatic heterocycles. The number of methoxy groups -OCH3 is 2. The number of non-ortho nitro benzene ring substituents is 1. The quantitative estimate of drug-likeness (QED) is 0.300. The molecule has 0 saturated carbocycles. The van der Waals surface area contributed by atoms with E-state index in [9.17, 15) is 10.1 Å². The van der Waals surface area contributed by atoms with Crippen molar-refractivity contribution >= 4 is 29.1 Å². The van der Waals surface area contributed by atoms with Gasteiger partial charge in [0, 0.05) is 23.6 Å². The van der Waals surface area contributed by atoms with E-state index >= 15 is 0 Å². The molecule has 9 heteroatoms. The Bertz CT molecular complexity index is 943. The maximum atomic E-state index is 10.7. The van der Waals surface area contributed by atoms with Crippen LogP contribution in [0, 0.1) is 10.1 Å². The molecule has 1 N–H and O–H groups in total. The number of fused-ring (bicyclic) bond motifs is 1. The Morgan fingerprint density at radius 2 is 1.76 bits per heavy atom. The number of nitrogens with zero attached hydrogens (tertiary/aromatic N) is 2. The van der Waals surface area contributed by atoms with E-state index in [0.717, 1.165) is 49.0 Å². The zero-order valence-corrected chi connectivity index (χ0v) is 17.2. The lowest BCUT2D eigenvalue weighted by atomic mass is 10.1. The highest BCUT2D eigenvalue weighted by molar-refractivity contribution is 5.85. The largest absolute Gasteiger partial charge is 0.493 e. The number of nitrogens with one attached hydrogen (secondary N) is 1. The zero-order chi connectivity index (χ0) is 19.9. The van der Waals surface area contributed by atoms with Crippen molar-refractivity contribution in [2.45, 2.75) is 19.3 Å². The molecule has 0 aliphatic carbocycles. The fourth-order valence-electron chi connectivity index (χ4n) is 3.02. The molecule has 0 unspecified atom stereocenters. The van der Waals surface area contributed by atoms with Crippen LogP contribution in [0.4, 0.5) is 5.69 Å². The number of rotatable bonds is 10. The first-order valence-corrected chi connectivity index (χ1v) is 9.06. The standard InChI is InChI=1S/C20H23N3O5.ClH/c1-26-19-12-16-17(22-28-18(16)13-20(19)27-2)4-3-10-21-11-9-14-5-7-15(8-6-14)23(24)25;/h5-8,12-13,21H,3-4,9-11H2,1-2H3;1H. The number of nitro benzene ring substituents is 1. The number of hydrogen-bond donors (Lipinski definition) is 1. The van der Waals surface area contributed by atoms with Gasteiger partial charge in [0.2, 0.25) is 0 Å². The first kappa shape index (κ1) is 22.4. The van der Waals surface area contributed by atoms with Crippen LogP contribution in [-0.4, -0.2) is 37.4 Å². The summed E-state index contributed by atoms with van der Waals surface area (Å²) >= 11 is 0. The lowest BCUT2D eigenvalue weighted by molar-refractivity contribution is -0.384. The van der Waals surface area contributed by atoms with Crippen LogP contribution in [-0.2, 0) is 12.8 Å². The number of aryl methyl sites for hydroxylation is 1. The molecule has 156 valence electrons. The maximum Gasteiger partial charge on any atom is 0.269 e. The smallest absolute Gasteiger partial charge is 0.269 e. The number of halogens is 1.